The summed E-state index contributed by atoms with van der Waals surface area (Å²) in [6, 6.07) is 12.6. The molecule has 28 heavy (non-hydrogen) atoms. The van der Waals surface area contributed by atoms with Gasteiger partial charge in [-0.05, 0) is 29.7 Å². The molecular weight excluding hydrogens is 362 g/mol. The van der Waals surface area contributed by atoms with Crippen molar-refractivity contribution in [1.82, 2.24) is 15.1 Å². The first-order chi connectivity index (χ1) is 13.6. The van der Waals surface area contributed by atoms with Gasteiger partial charge in [0.25, 0.3) is 11.4 Å². The number of H-pyrrole nitrogens is 1. The van der Waals surface area contributed by atoms with E-state index in [0.29, 0.717) is 28.4 Å². The summed E-state index contributed by atoms with van der Waals surface area (Å²) in [6.07, 6.45) is 0. The minimum atomic E-state index is -0.295. The number of hydrogen-bond donors (Lipinski definition) is 1. The highest BCUT2D eigenvalue weighted by Crippen LogP contribution is 2.41. The second-order valence-electron chi connectivity index (χ2n) is 5.94. The van der Waals surface area contributed by atoms with Crippen LogP contribution >= 0.6 is 0 Å². The summed E-state index contributed by atoms with van der Waals surface area (Å²) in [4.78, 5) is 19.6. The van der Waals surface area contributed by atoms with Crippen LogP contribution in [-0.2, 0) is 0 Å². The van der Waals surface area contributed by atoms with Gasteiger partial charge in [0.1, 0.15) is 0 Å². The van der Waals surface area contributed by atoms with Gasteiger partial charge >= 0.3 is 0 Å². The van der Waals surface area contributed by atoms with Crippen molar-refractivity contribution in [2.45, 2.75) is 0 Å². The van der Waals surface area contributed by atoms with E-state index in [2.05, 4.69) is 15.1 Å². The van der Waals surface area contributed by atoms with Gasteiger partial charge < -0.3 is 23.7 Å². The molecule has 0 saturated carbocycles. The molecule has 142 valence electrons. The van der Waals surface area contributed by atoms with Crippen molar-refractivity contribution in [3.8, 4) is 40.1 Å². The van der Waals surface area contributed by atoms with E-state index in [1.165, 1.54) is 21.3 Å². The Kier molecular flexibility index (Phi) is 4.44. The van der Waals surface area contributed by atoms with Crippen molar-refractivity contribution in [3.63, 3.8) is 0 Å². The summed E-state index contributed by atoms with van der Waals surface area (Å²) in [6.45, 7) is 0. The fourth-order valence-electron chi connectivity index (χ4n) is 2.97. The third kappa shape index (κ3) is 2.94. The van der Waals surface area contributed by atoms with E-state index in [0.717, 1.165) is 10.9 Å². The van der Waals surface area contributed by atoms with Crippen molar-refractivity contribution in [1.29, 1.82) is 0 Å². The van der Waals surface area contributed by atoms with Crippen molar-refractivity contribution < 1.29 is 18.7 Å². The number of hydrogen-bond acceptors (Lipinski definition) is 7. The first-order valence-corrected chi connectivity index (χ1v) is 8.41. The third-order valence-electron chi connectivity index (χ3n) is 4.33. The Balaban J connectivity index is 1.80. The van der Waals surface area contributed by atoms with Crippen LogP contribution in [0.3, 0.4) is 0 Å². The SMILES string of the molecule is COc1cc(-c2nc(-c3cc4ccccc4[nH]c3=O)no2)cc(OC)c1OC. The van der Waals surface area contributed by atoms with Gasteiger partial charge in [0, 0.05) is 11.1 Å². The summed E-state index contributed by atoms with van der Waals surface area (Å²) in [5, 5.41) is 4.84. The molecule has 0 bridgehead atoms. The Morgan fingerprint density at radius 3 is 2.36 bits per heavy atom. The number of para-hydroxylation sites is 1. The molecule has 0 aliphatic carbocycles. The average molecular weight is 379 g/mol. The molecule has 2 aromatic heterocycles. The number of pyridine rings is 1. The van der Waals surface area contributed by atoms with Crippen molar-refractivity contribution >= 4 is 10.9 Å². The molecule has 8 nitrogen and oxygen atoms in total. The highest BCUT2D eigenvalue weighted by Gasteiger charge is 2.19. The Bertz CT molecular complexity index is 1190. The van der Waals surface area contributed by atoms with Crippen LogP contribution in [0.5, 0.6) is 17.2 Å². The molecule has 4 rings (SSSR count). The highest BCUT2D eigenvalue weighted by molar-refractivity contribution is 5.82. The molecule has 0 aliphatic rings. The van der Waals surface area contributed by atoms with E-state index < -0.39 is 0 Å². The summed E-state index contributed by atoms with van der Waals surface area (Å²) in [7, 11) is 4.57. The molecule has 0 fully saturated rings. The topological polar surface area (TPSA) is 99.5 Å². The van der Waals surface area contributed by atoms with Crippen LogP contribution in [0.15, 0.2) is 51.8 Å². The number of nitrogens with zero attached hydrogens (tertiary/aromatic N) is 2. The number of methoxy groups -OCH3 is 3. The van der Waals surface area contributed by atoms with Gasteiger partial charge in [-0.1, -0.05) is 23.4 Å². The zero-order valence-electron chi connectivity index (χ0n) is 15.5. The average Bonchev–Trinajstić information content (AvgIpc) is 3.22. The molecule has 0 spiro atoms. The fraction of sp³-hybridized carbons (Fsp3) is 0.150. The first kappa shape index (κ1) is 17.6. The fourth-order valence-corrected chi connectivity index (χ4v) is 2.97. The standard InChI is InChI=1S/C20H17N3O5/c1-25-15-9-12(10-16(26-2)17(15)27-3)20-22-18(23-28-20)13-8-11-6-4-5-7-14(11)21-19(13)24/h4-10H,1-3H3,(H,21,24). The van der Waals surface area contributed by atoms with Crippen LogP contribution in [0.25, 0.3) is 33.7 Å². The van der Waals surface area contributed by atoms with Crippen LogP contribution < -0.4 is 19.8 Å². The summed E-state index contributed by atoms with van der Waals surface area (Å²) < 4.78 is 21.4. The minimum Gasteiger partial charge on any atom is -0.493 e. The molecule has 0 radical (unpaired) electrons. The van der Waals surface area contributed by atoms with E-state index in [-0.39, 0.29) is 17.3 Å². The largest absolute Gasteiger partial charge is 0.493 e. The molecule has 0 atom stereocenters. The molecule has 0 amide bonds. The first-order valence-electron chi connectivity index (χ1n) is 8.41. The van der Waals surface area contributed by atoms with Gasteiger partial charge in [-0.15, -0.1) is 0 Å². The van der Waals surface area contributed by atoms with Gasteiger partial charge in [0.15, 0.2) is 11.5 Å². The van der Waals surface area contributed by atoms with Crippen LogP contribution in [0, 0.1) is 0 Å². The predicted molar refractivity (Wildman–Crippen MR) is 103 cm³/mol. The molecule has 1 N–H and O–H groups in total. The molecule has 8 heteroatoms. The number of fused-ring (bicyclic) bond motifs is 1. The van der Waals surface area contributed by atoms with Gasteiger partial charge in [-0.25, -0.2) is 0 Å². The van der Waals surface area contributed by atoms with Crippen molar-refractivity contribution in [3.05, 3.63) is 52.8 Å². The monoisotopic (exact) mass is 379 g/mol. The Morgan fingerprint density at radius 2 is 1.68 bits per heavy atom. The predicted octanol–water partition coefficient (Wildman–Crippen LogP) is 3.27. The molecule has 2 aromatic carbocycles. The van der Waals surface area contributed by atoms with Crippen LogP contribution in [0.1, 0.15) is 0 Å². The normalized spacial score (nSPS) is 10.8. The van der Waals surface area contributed by atoms with Gasteiger partial charge in [0.05, 0.1) is 26.9 Å². The quantitative estimate of drug-likeness (QED) is 0.568. The number of rotatable bonds is 5. The number of aromatic nitrogens is 3. The number of ether oxygens (including phenoxy) is 3. The zero-order chi connectivity index (χ0) is 19.7. The molecule has 0 unspecified atom stereocenters. The lowest BCUT2D eigenvalue weighted by atomic mass is 10.1. The molecule has 4 aromatic rings. The van der Waals surface area contributed by atoms with Crippen molar-refractivity contribution in [2.75, 3.05) is 21.3 Å². The zero-order valence-corrected chi connectivity index (χ0v) is 15.5. The van der Waals surface area contributed by atoms with Crippen LogP contribution in [0.2, 0.25) is 0 Å². The van der Waals surface area contributed by atoms with Crippen molar-refractivity contribution in [2.24, 2.45) is 0 Å². The Morgan fingerprint density at radius 1 is 0.964 bits per heavy atom. The molecule has 2 heterocycles. The van der Waals surface area contributed by atoms with Crippen LogP contribution in [-0.4, -0.2) is 36.5 Å². The maximum absolute atomic E-state index is 12.4. The lowest BCUT2D eigenvalue weighted by Crippen LogP contribution is -2.09. The summed E-state index contributed by atoms with van der Waals surface area (Å²) >= 11 is 0. The maximum Gasteiger partial charge on any atom is 0.259 e. The molecule has 0 saturated heterocycles. The Hall–Kier alpha value is -3.81. The molecule has 0 aliphatic heterocycles. The maximum atomic E-state index is 12.4. The number of aromatic amines is 1. The van der Waals surface area contributed by atoms with E-state index in [1.54, 1.807) is 18.2 Å². The lowest BCUT2D eigenvalue weighted by Gasteiger charge is -2.12. The van der Waals surface area contributed by atoms with Gasteiger partial charge in [0.2, 0.25) is 11.6 Å². The van der Waals surface area contributed by atoms with Crippen LogP contribution in [0.4, 0.5) is 0 Å². The third-order valence-corrected chi connectivity index (χ3v) is 4.33. The van der Waals surface area contributed by atoms with E-state index in [1.807, 2.05) is 24.3 Å². The minimum absolute atomic E-state index is 0.191. The molecular formula is C20H17N3O5. The lowest BCUT2D eigenvalue weighted by molar-refractivity contribution is 0.324. The van der Waals surface area contributed by atoms with Gasteiger partial charge in [-0.2, -0.15) is 4.98 Å². The second kappa shape index (κ2) is 7.07. The van der Waals surface area contributed by atoms with E-state index in [9.17, 15) is 4.79 Å². The highest BCUT2D eigenvalue weighted by atomic mass is 16.5. The Labute approximate surface area is 159 Å². The van der Waals surface area contributed by atoms with E-state index in [4.69, 9.17) is 18.7 Å². The second-order valence-corrected chi connectivity index (χ2v) is 5.94. The smallest absolute Gasteiger partial charge is 0.259 e. The van der Waals surface area contributed by atoms with Gasteiger partial charge in [-0.3, -0.25) is 4.79 Å². The summed E-state index contributed by atoms with van der Waals surface area (Å²) in [5.74, 6) is 1.79. The number of nitrogens with one attached hydrogen (secondary N) is 1. The van der Waals surface area contributed by atoms with E-state index >= 15 is 0 Å². The summed E-state index contributed by atoms with van der Waals surface area (Å²) in [5.41, 5.74) is 1.34. The number of benzene rings is 2.